The minimum Gasteiger partial charge on any atom is -0.444 e. The highest BCUT2D eigenvalue weighted by Crippen LogP contribution is 2.13. The molecule has 0 radical (unpaired) electrons. The van der Waals surface area contributed by atoms with Gasteiger partial charge in [0.25, 0.3) is 0 Å². The monoisotopic (exact) mass is 257 g/mol. The summed E-state index contributed by atoms with van der Waals surface area (Å²) in [5.74, 6) is 0. The maximum absolute atomic E-state index is 11.6. The third-order valence-corrected chi connectivity index (χ3v) is 2.62. The van der Waals surface area contributed by atoms with E-state index in [-0.39, 0.29) is 17.7 Å². The first kappa shape index (κ1) is 15.2. The SMILES string of the molecule is CC(C)(N)CN1CCC(NC(=O)OC(C)(C)C)C1. The summed E-state index contributed by atoms with van der Waals surface area (Å²) in [4.78, 5) is 13.9. The number of amides is 1. The number of carbonyl (C=O) groups excluding carboxylic acids is 1. The smallest absolute Gasteiger partial charge is 0.407 e. The highest BCUT2D eigenvalue weighted by atomic mass is 16.6. The highest BCUT2D eigenvalue weighted by molar-refractivity contribution is 5.68. The van der Waals surface area contributed by atoms with Crippen LogP contribution in [0.15, 0.2) is 0 Å². The second-order valence-corrected chi connectivity index (χ2v) is 6.86. The van der Waals surface area contributed by atoms with Crippen LogP contribution in [0.5, 0.6) is 0 Å². The molecule has 0 aromatic carbocycles. The van der Waals surface area contributed by atoms with Crippen molar-refractivity contribution in [1.29, 1.82) is 0 Å². The van der Waals surface area contributed by atoms with Crippen molar-refractivity contribution in [3.8, 4) is 0 Å². The molecule has 5 heteroatoms. The van der Waals surface area contributed by atoms with E-state index >= 15 is 0 Å². The van der Waals surface area contributed by atoms with Crippen molar-refractivity contribution in [3.05, 3.63) is 0 Å². The first-order chi connectivity index (χ1) is 8.05. The molecule has 0 aromatic rings. The van der Waals surface area contributed by atoms with Gasteiger partial charge in [-0.1, -0.05) is 0 Å². The van der Waals surface area contributed by atoms with Crippen molar-refractivity contribution in [2.75, 3.05) is 19.6 Å². The van der Waals surface area contributed by atoms with Crippen LogP contribution in [0.4, 0.5) is 4.79 Å². The van der Waals surface area contributed by atoms with Gasteiger partial charge in [0.05, 0.1) is 0 Å². The molecule has 1 fully saturated rings. The number of alkyl carbamates (subject to hydrolysis) is 1. The summed E-state index contributed by atoms with van der Waals surface area (Å²) in [5.41, 5.74) is 5.36. The largest absolute Gasteiger partial charge is 0.444 e. The Bertz CT molecular complexity index is 292. The molecule has 3 N–H and O–H groups in total. The Labute approximate surface area is 110 Å². The van der Waals surface area contributed by atoms with Crippen molar-refractivity contribution in [3.63, 3.8) is 0 Å². The second-order valence-electron chi connectivity index (χ2n) is 6.86. The summed E-state index contributed by atoms with van der Waals surface area (Å²) in [6.07, 6.45) is 0.622. The summed E-state index contributed by atoms with van der Waals surface area (Å²) in [6, 6.07) is 0.169. The summed E-state index contributed by atoms with van der Waals surface area (Å²) in [5, 5.41) is 2.91. The maximum atomic E-state index is 11.6. The van der Waals surface area contributed by atoms with Crippen LogP contribution in [-0.2, 0) is 4.74 Å². The molecule has 1 rings (SSSR count). The normalized spacial score (nSPS) is 22.0. The van der Waals surface area contributed by atoms with Gasteiger partial charge in [0.15, 0.2) is 0 Å². The van der Waals surface area contributed by atoms with Crippen LogP contribution in [0.1, 0.15) is 41.0 Å². The van der Waals surface area contributed by atoms with E-state index in [0.29, 0.717) is 0 Å². The quantitative estimate of drug-likeness (QED) is 0.800. The molecule has 0 aromatic heterocycles. The summed E-state index contributed by atoms with van der Waals surface area (Å²) in [7, 11) is 0. The molecular formula is C13H27N3O2. The van der Waals surface area contributed by atoms with Crippen LogP contribution in [0.3, 0.4) is 0 Å². The number of nitrogens with one attached hydrogen (secondary N) is 1. The number of hydrogen-bond acceptors (Lipinski definition) is 4. The predicted molar refractivity (Wildman–Crippen MR) is 72.5 cm³/mol. The highest BCUT2D eigenvalue weighted by Gasteiger charge is 2.28. The summed E-state index contributed by atoms with van der Waals surface area (Å²) < 4.78 is 5.24. The lowest BCUT2D eigenvalue weighted by Crippen LogP contribution is -2.46. The third kappa shape index (κ3) is 6.21. The Kier molecular flexibility index (Phi) is 4.61. The van der Waals surface area contributed by atoms with Gasteiger partial charge in [-0.25, -0.2) is 4.79 Å². The molecule has 1 atom stereocenters. The van der Waals surface area contributed by atoms with Gasteiger partial charge in [0.1, 0.15) is 5.60 Å². The van der Waals surface area contributed by atoms with E-state index in [4.69, 9.17) is 10.5 Å². The van der Waals surface area contributed by atoms with Crippen molar-refractivity contribution in [2.24, 2.45) is 5.73 Å². The number of ether oxygens (including phenoxy) is 1. The van der Waals surface area contributed by atoms with Gasteiger partial charge in [-0.2, -0.15) is 0 Å². The molecule has 0 saturated carbocycles. The molecule has 0 bridgehead atoms. The Morgan fingerprint density at radius 3 is 2.50 bits per heavy atom. The van der Waals surface area contributed by atoms with Gasteiger partial charge in [-0.3, -0.25) is 4.90 Å². The Morgan fingerprint density at radius 2 is 2.00 bits per heavy atom. The number of nitrogens with two attached hydrogens (primary N) is 1. The molecule has 0 aliphatic carbocycles. The van der Waals surface area contributed by atoms with Gasteiger partial charge in [-0.15, -0.1) is 0 Å². The molecule has 1 heterocycles. The first-order valence-electron chi connectivity index (χ1n) is 6.56. The molecule has 0 spiro atoms. The van der Waals surface area contributed by atoms with E-state index in [2.05, 4.69) is 10.2 Å². The van der Waals surface area contributed by atoms with Crippen LogP contribution in [0.25, 0.3) is 0 Å². The Morgan fingerprint density at radius 1 is 1.39 bits per heavy atom. The lowest BCUT2D eigenvalue weighted by molar-refractivity contribution is 0.0505. The minimum absolute atomic E-state index is 0.169. The summed E-state index contributed by atoms with van der Waals surface area (Å²) in [6.45, 7) is 12.3. The lowest BCUT2D eigenvalue weighted by Gasteiger charge is -2.26. The average molecular weight is 257 g/mol. The second kappa shape index (κ2) is 5.45. The van der Waals surface area contributed by atoms with Crippen molar-refractivity contribution in [1.82, 2.24) is 10.2 Å². The van der Waals surface area contributed by atoms with Crippen molar-refractivity contribution in [2.45, 2.75) is 58.2 Å². The third-order valence-electron chi connectivity index (χ3n) is 2.62. The van der Waals surface area contributed by atoms with Crippen LogP contribution < -0.4 is 11.1 Å². The number of carbonyl (C=O) groups is 1. The van der Waals surface area contributed by atoms with Crippen molar-refractivity contribution < 1.29 is 9.53 Å². The minimum atomic E-state index is -0.443. The molecule has 5 nitrogen and oxygen atoms in total. The molecule has 1 amide bonds. The molecule has 18 heavy (non-hydrogen) atoms. The van der Waals surface area contributed by atoms with E-state index in [1.54, 1.807) is 0 Å². The van der Waals surface area contributed by atoms with Gasteiger partial charge in [-0.05, 0) is 41.0 Å². The van der Waals surface area contributed by atoms with Crippen molar-refractivity contribution >= 4 is 6.09 Å². The Hall–Kier alpha value is -0.810. The fourth-order valence-corrected chi connectivity index (χ4v) is 2.14. The van der Waals surface area contributed by atoms with Gasteiger partial charge < -0.3 is 15.8 Å². The first-order valence-corrected chi connectivity index (χ1v) is 6.56. The van der Waals surface area contributed by atoms with E-state index < -0.39 is 5.60 Å². The molecule has 1 aliphatic heterocycles. The molecule has 1 saturated heterocycles. The van der Waals surface area contributed by atoms with Gasteiger partial charge in [0, 0.05) is 31.2 Å². The van der Waals surface area contributed by atoms with Crippen LogP contribution in [0, 0.1) is 0 Å². The molecule has 106 valence electrons. The van der Waals surface area contributed by atoms with E-state index in [1.807, 2.05) is 34.6 Å². The van der Waals surface area contributed by atoms with E-state index in [9.17, 15) is 4.79 Å². The van der Waals surface area contributed by atoms with Gasteiger partial charge in [0.2, 0.25) is 0 Å². The van der Waals surface area contributed by atoms with Crippen LogP contribution in [0.2, 0.25) is 0 Å². The zero-order valence-corrected chi connectivity index (χ0v) is 12.2. The topological polar surface area (TPSA) is 67.6 Å². The number of rotatable bonds is 3. The van der Waals surface area contributed by atoms with Crippen LogP contribution >= 0.6 is 0 Å². The molecule has 1 unspecified atom stereocenters. The standard InChI is InChI=1S/C13H27N3O2/c1-12(2,3)18-11(17)15-10-6-7-16(8-10)9-13(4,5)14/h10H,6-9,14H2,1-5H3,(H,15,17). The number of hydrogen-bond donors (Lipinski definition) is 2. The zero-order valence-electron chi connectivity index (χ0n) is 12.2. The average Bonchev–Trinajstić information content (AvgIpc) is 2.44. The molecular weight excluding hydrogens is 230 g/mol. The number of likely N-dealkylation sites (tertiary alicyclic amines) is 1. The maximum Gasteiger partial charge on any atom is 0.407 e. The van der Waals surface area contributed by atoms with Gasteiger partial charge >= 0.3 is 6.09 Å². The molecule has 1 aliphatic rings. The predicted octanol–water partition coefficient (Wildman–Crippen LogP) is 1.32. The fraction of sp³-hybridized carbons (Fsp3) is 0.923. The summed E-state index contributed by atoms with van der Waals surface area (Å²) >= 11 is 0. The van der Waals surface area contributed by atoms with E-state index in [1.165, 1.54) is 0 Å². The Balaban J connectivity index is 2.32. The lowest BCUT2D eigenvalue weighted by atomic mass is 10.1. The fourth-order valence-electron chi connectivity index (χ4n) is 2.14. The zero-order chi connectivity index (χ0) is 14.0. The van der Waals surface area contributed by atoms with E-state index in [0.717, 1.165) is 26.1 Å². The van der Waals surface area contributed by atoms with Crippen LogP contribution in [-0.4, -0.2) is 47.8 Å². The number of nitrogens with zero attached hydrogens (tertiary/aromatic N) is 1.